The van der Waals surface area contributed by atoms with Crippen molar-refractivity contribution in [3.63, 3.8) is 0 Å². The molecule has 7 rings (SSSR count). The fraction of sp³-hybridized carbons (Fsp3) is 0.593. The quantitative estimate of drug-likeness (QED) is 0.567. The summed E-state index contributed by atoms with van der Waals surface area (Å²) in [4.78, 5) is 22.8. The number of ether oxygens (including phenoxy) is 2. The van der Waals surface area contributed by atoms with Crippen LogP contribution in [0.3, 0.4) is 0 Å². The topological polar surface area (TPSA) is 76.6 Å². The molecular formula is C27H36N4O3. The van der Waals surface area contributed by atoms with Gasteiger partial charge in [-0.05, 0) is 82.6 Å². The first-order chi connectivity index (χ1) is 16.4. The van der Waals surface area contributed by atoms with Gasteiger partial charge in [-0.1, -0.05) is 0 Å². The summed E-state index contributed by atoms with van der Waals surface area (Å²) in [6.45, 7) is 9.58. The summed E-state index contributed by atoms with van der Waals surface area (Å²) in [5.41, 5.74) is 4.07. The number of fused-ring (bicyclic) bond motifs is 6. The monoisotopic (exact) mass is 464 g/mol. The van der Waals surface area contributed by atoms with Crippen LogP contribution in [0.5, 0.6) is 0 Å². The number of anilines is 2. The Morgan fingerprint density at radius 1 is 1.03 bits per heavy atom. The van der Waals surface area contributed by atoms with Gasteiger partial charge >= 0.3 is 6.09 Å². The number of carbonyl (C=O) groups excluding carboxylic acids is 1. The first-order valence-electron chi connectivity index (χ1n) is 12.6. The van der Waals surface area contributed by atoms with Gasteiger partial charge in [-0.25, -0.2) is 4.79 Å². The standard InChI is InChI=1S/C14H18N2O2.C9H10N2.C4H8O/c1-14(2,3)18-13(17)16-8-9-7-10(9)12-11(16)5-4-6-15-12;1-2-8-9(10-3-1)7-4-6(7)5-11-8;1-2-4-5-3-1/h4-6,9-10H,7-8H2,1-3H3;1-3,6-7,11H,4-5H2;1-4H2. The van der Waals surface area contributed by atoms with Gasteiger partial charge in [0.1, 0.15) is 5.60 Å². The largest absolute Gasteiger partial charge is 0.443 e. The summed E-state index contributed by atoms with van der Waals surface area (Å²) >= 11 is 0. The highest BCUT2D eigenvalue weighted by molar-refractivity contribution is 5.89. The third-order valence-corrected chi connectivity index (χ3v) is 6.91. The molecule has 2 aromatic rings. The molecule has 2 aromatic heterocycles. The zero-order chi connectivity index (χ0) is 23.7. The fourth-order valence-corrected chi connectivity index (χ4v) is 4.95. The Kier molecular flexibility index (Phi) is 6.47. The SMILES string of the molecule is C1CCOC1.CC(C)(C)OC(=O)N1CC2CC2c2ncccc21.c1cnc2c(c1)NCC1CC21. The number of nitrogens with one attached hydrogen (secondary N) is 1. The van der Waals surface area contributed by atoms with E-state index in [4.69, 9.17) is 9.47 Å². The highest BCUT2D eigenvalue weighted by Gasteiger charge is 2.48. The van der Waals surface area contributed by atoms with Crippen molar-refractivity contribution in [1.29, 1.82) is 0 Å². The summed E-state index contributed by atoms with van der Waals surface area (Å²) in [5, 5.41) is 3.39. The Hall–Kier alpha value is -2.67. The van der Waals surface area contributed by atoms with Gasteiger partial charge in [0.05, 0.1) is 22.8 Å². The van der Waals surface area contributed by atoms with Crippen molar-refractivity contribution in [2.75, 3.05) is 36.5 Å². The number of aromatic nitrogens is 2. The summed E-state index contributed by atoms with van der Waals surface area (Å²) in [7, 11) is 0. The van der Waals surface area contributed by atoms with Crippen molar-refractivity contribution in [1.82, 2.24) is 9.97 Å². The summed E-state index contributed by atoms with van der Waals surface area (Å²) < 4.78 is 10.4. The predicted octanol–water partition coefficient (Wildman–Crippen LogP) is 5.35. The molecule has 1 amide bonds. The lowest BCUT2D eigenvalue weighted by atomic mass is 10.1. The second-order valence-electron chi connectivity index (χ2n) is 10.8. The van der Waals surface area contributed by atoms with E-state index in [0.717, 1.165) is 55.9 Å². The van der Waals surface area contributed by atoms with E-state index in [-0.39, 0.29) is 6.09 Å². The molecule has 2 saturated carbocycles. The first kappa shape index (κ1) is 23.1. The molecule has 34 heavy (non-hydrogen) atoms. The maximum Gasteiger partial charge on any atom is 0.414 e. The molecule has 0 aromatic carbocycles. The molecule has 2 aliphatic carbocycles. The number of hydrogen-bond donors (Lipinski definition) is 1. The second-order valence-corrected chi connectivity index (χ2v) is 10.8. The van der Waals surface area contributed by atoms with Gasteiger partial charge in [0.25, 0.3) is 0 Å². The Morgan fingerprint density at radius 2 is 1.71 bits per heavy atom. The number of pyridine rings is 2. The summed E-state index contributed by atoms with van der Waals surface area (Å²) in [6.07, 6.45) is 8.47. The minimum absolute atomic E-state index is 0.262. The van der Waals surface area contributed by atoms with Crippen LogP contribution in [0, 0.1) is 11.8 Å². The number of rotatable bonds is 0. The molecule has 3 fully saturated rings. The van der Waals surface area contributed by atoms with Gasteiger partial charge in [0.15, 0.2) is 0 Å². The van der Waals surface area contributed by atoms with E-state index >= 15 is 0 Å². The lowest BCUT2D eigenvalue weighted by Crippen LogP contribution is -2.40. The zero-order valence-corrected chi connectivity index (χ0v) is 20.5. The van der Waals surface area contributed by atoms with Gasteiger partial charge in [-0.15, -0.1) is 0 Å². The van der Waals surface area contributed by atoms with Crippen LogP contribution >= 0.6 is 0 Å². The molecule has 182 valence electrons. The molecule has 5 aliphatic rings. The van der Waals surface area contributed by atoms with Crippen LogP contribution in [0.1, 0.15) is 69.7 Å². The van der Waals surface area contributed by atoms with Crippen molar-refractivity contribution >= 4 is 17.5 Å². The molecule has 0 spiro atoms. The van der Waals surface area contributed by atoms with Gasteiger partial charge < -0.3 is 14.8 Å². The van der Waals surface area contributed by atoms with Gasteiger partial charge in [0, 0.05) is 50.5 Å². The molecule has 0 bridgehead atoms. The molecule has 4 atom stereocenters. The normalized spacial score (nSPS) is 27.1. The maximum atomic E-state index is 12.2. The Morgan fingerprint density at radius 3 is 2.41 bits per heavy atom. The molecule has 1 saturated heterocycles. The molecule has 5 heterocycles. The molecule has 0 radical (unpaired) electrons. The molecule has 7 heteroatoms. The van der Waals surface area contributed by atoms with E-state index in [9.17, 15) is 4.79 Å². The van der Waals surface area contributed by atoms with Crippen LogP contribution < -0.4 is 10.2 Å². The van der Waals surface area contributed by atoms with E-state index in [2.05, 4.69) is 21.4 Å². The van der Waals surface area contributed by atoms with Crippen molar-refractivity contribution < 1.29 is 14.3 Å². The highest BCUT2D eigenvalue weighted by Crippen LogP contribution is 2.54. The Bertz CT molecular complexity index is 1010. The molecule has 7 nitrogen and oxygen atoms in total. The number of nitrogens with zero attached hydrogens (tertiary/aromatic N) is 3. The molecule has 1 N–H and O–H groups in total. The van der Waals surface area contributed by atoms with Gasteiger partial charge in [-0.3, -0.25) is 14.9 Å². The summed E-state index contributed by atoms with van der Waals surface area (Å²) in [5.74, 6) is 2.80. The van der Waals surface area contributed by atoms with E-state index in [1.165, 1.54) is 30.6 Å². The van der Waals surface area contributed by atoms with Crippen molar-refractivity contribution in [3.05, 3.63) is 48.0 Å². The van der Waals surface area contributed by atoms with Crippen molar-refractivity contribution in [2.45, 2.75) is 63.9 Å². The van der Waals surface area contributed by atoms with Crippen molar-refractivity contribution in [3.8, 4) is 0 Å². The molecule has 4 unspecified atom stereocenters. The Balaban J connectivity index is 0.000000126. The fourth-order valence-electron chi connectivity index (χ4n) is 4.95. The number of carbonyl (C=O) groups is 1. The number of amides is 1. The lowest BCUT2D eigenvalue weighted by Gasteiger charge is -2.30. The average molecular weight is 465 g/mol. The Labute approximate surface area is 202 Å². The number of hydrogen-bond acceptors (Lipinski definition) is 6. The van der Waals surface area contributed by atoms with Gasteiger partial charge in [-0.2, -0.15) is 0 Å². The van der Waals surface area contributed by atoms with E-state index in [1.807, 2.05) is 45.2 Å². The molecule has 3 aliphatic heterocycles. The second kappa shape index (κ2) is 9.53. The van der Waals surface area contributed by atoms with E-state index in [1.54, 1.807) is 11.1 Å². The minimum Gasteiger partial charge on any atom is -0.443 e. The smallest absolute Gasteiger partial charge is 0.414 e. The van der Waals surface area contributed by atoms with Crippen LogP contribution in [0.15, 0.2) is 36.7 Å². The van der Waals surface area contributed by atoms with Crippen molar-refractivity contribution in [2.24, 2.45) is 11.8 Å². The van der Waals surface area contributed by atoms with Crippen LogP contribution in [-0.4, -0.2) is 48.0 Å². The third kappa shape index (κ3) is 5.35. The highest BCUT2D eigenvalue weighted by atomic mass is 16.6. The van der Waals surface area contributed by atoms with Crippen LogP contribution in [0.25, 0.3) is 0 Å². The lowest BCUT2D eigenvalue weighted by molar-refractivity contribution is 0.0576. The molecular weight excluding hydrogens is 428 g/mol. The first-order valence-corrected chi connectivity index (χ1v) is 12.6. The van der Waals surface area contributed by atoms with E-state index in [0.29, 0.717) is 11.8 Å². The minimum atomic E-state index is -0.458. The van der Waals surface area contributed by atoms with Crippen LogP contribution in [0.2, 0.25) is 0 Å². The average Bonchev–Trinajstić information content (AvgIpc) is 3.73. The van der Waals surface area contributed by atoms with Crippen LogP contribution in [0.4, 0.5) is 16.2 Å². The van der Waals surface area contributed by atoms with Gasteiger partial charge in [0.2, 0.25) is 0 Å². The van der Waals surface area contributed by atoms with E-state index < -0.39 is 5.60 Å². The summed E-state index contributed by atoms with van der Waals surface area (Å²) in [6, 6.07) is 7.95. The third-order valence-electron chi connectivity index (χ3n) is 6.91. The van der Waals surface area contributed by atoms with Crippen LogP contribution in [-0.2, 0) is 9.47 Å². The predicted molar refractivity (Wildman–Crippen MR) is 132 cm³/mol. The zero-order valence-electron chi connectivity index (χ0n) is 20.5. The maximum absolute atomic E-state index is 12.2.